The van der Waals surface area contributed by atoms with Crippen LogP contribution in [-0.4, -0.2) is 18.2 Å². The Balaban J connectivity index is 1.54. The van der Waals surface area contributed by atoms with Crippen LogP contribution in [0.2, 0.25) is 10.0 Å². The van der Waals surface area contributed by atoms with Crippen molar-refractivity contribution in [3.05, 3.63) is 129 Å². The number of anilines is 2. The maximum Gasteiger partial charge on any atom is 0.195 e. The van der Waals surface area contributed by atoms with E-state index in [9.17, 15) is 9.59 Å². The van der Waals surface area contributed by atoms with Gasteiger partial charge in [-0.3, -0.25) is 9.59 Å². The summed E-state index contributed by atoms with van der Waals surface area (Å²) in [4.78, 5) is 26.0. The topological polar surface area (TPSA) is 58.2 Å². The monoisotopic (exact) mass is 474 g/mol. The van der Waals surface area contributed by atoms with Gasteiger partial charge in [0.2, 0.25) is 0 Å². The Hall–Kier alpha value is -3.60. The summed E-state index contributed by atoms with van der Waals surface area (Å²) in [6.45, 7) is 0.271. The van der Waals surface area contributed by atoms with Gasteiger partial charge in [0.15, 0.2) is 11.6 Å². The molecule has 4 rings (SSSR count). The van der Waals surface area contributed by atoms with Crippen LogP contribution in [-0.2, 0) is 0 Å². The molecule has 0 aliphatic heterocycles. The number of rotatable bonds is 8. The molecule has 0 saturated carbocycles. The van der Waals surface area contributed by atoms with E-state index < -0.39 is 0 Å². The lowest BCUT2D eigenvalue weighted by Gasteiger charge is -2.16. The molecule has 0 fully saturated rings. The Bertz CT molecular complexity index is 1190. The van der Waals surface area contributed by atoms with E-state index in [2.05, 4.69) is 10.6 Å². The molecule has 0 amide bonds. The number of nitrogens with one attached hydrogen (secondary N) is 2. The molecule has 6 heteroatoms. The average molecular weight is 475 g/mol. The van der Waals surface area contributed by atoms with Crippen molar-refractivity contribution in [2.24, 2.45) is 0 Å². The standard InChI is InChI=1S/C27H20Cl2N2O2/c28-20-11-13-24(22(15-20)26(32)18-7-3-1-4-8-18)30-17-31-25-14-12-21(29)16-23(25)27(33)19-9-5-2-6-10-19/h1-16,30-31H,17H2. The highest BCUT2D eigenvalue weighted by Crippen LogP contribution is 2.26. The molecule has 0 unspecified atom stereocenters. The van der Waals surface area contributed by atoms with E-state index in [1.807, 2.05) is 36.4 Å². The van der Waals surface area contributed by atoms with Crippen LogP contribution in [0.5, 0.6) is 0 Å². The van der Waals surface area contributed by atoms with Crippen LogP contribution in [0.1, 0.15) is 31.8 Å². The molecule has 0 radical (unpaired) electrons. The molecule has 33 heavy (non-hydrogen) atoms. The fraction of sp³-hybridized carbons (Fsp3) is 0.0370. The van der Waals surface area contributed by atoms with Crippen molar-refractivity contribution < 1.29 is 9.59 Å². The van der Waals surface area contributed by atoms with Crippen LogP contribution >= 0.6 is 23.2 Å². The molecule has 0 heterocycles. The predicted octanol–water partition coefficient (Wildman–Crippen LogP) is 6.94. The summed E-state index contributed by atoms with van der Waals surface area (Å²) in [5.74, 6) is -0.265. The first-order chi connectivity index (χ1) is 16.0. The van der Waals surface area contributed by atoms with Crippen LogP contribution in [0.4, 0.5) is 11.4 Å². The van der Waals surface area contributed by atoms with Gasteiger partial charge >= 0.3 is 0 Å². The molecule has 0 aliphatic carbocycles. The molecule has 0 aromatic heterocycles. The van der Waals surface area contributed by atoms with Gasteiger partial charge in [-0.05, 0) is 36.4 Å². The van der Waals surface area contributed by atoms with Crippen molar-refractivity contribution >= 4 is 46.1 Å². The third-order valence-electron chi connectivity index (χ3n) is 5.08. The summed E-state index contributed by atoms with van der Waals surface area (Å²) in [7, 11) is 0. The van der Waals surface area contributed by atoms with Gasteiger partial charge in [0.1, 0.15) is 0 Å². The fourth-order valence-electron chi connectivity index (χ4n) is 3.44. The van der Waals surface area contributed by atoms with Crippen molar-refractivity contribution in [2.75, 3.05) is 17.3 Å². The molecule has 0 bridgehead atoms. The highest BCUT2D eigenvalue weighted by atomic mass is 35.5. The number of ketones is 2. The number of benzene rings is 4. The normalized spacial score (nSPS) is 10.5. The Labute approximate surface area is 202 Å². The Morgan fingerprint density at radius 2 is 0.970 bits per heavy atom. The summed E-state index contributed by atoms with van der Waals surface area (Å²) >= 11 is 12.3. The molecule has 2 N–H and O–H groups in total. The van der Waals surface area contributed by atoms with Crippen molar-refractivity contribution in [3.8, 4) is 0 Å². The van der Waals surface area contributed by atoms with E-state index in [4.69, 9.17) is 23.2 Å². The third-order valence-corrected chi connectivity index (χ3v) is 5.55. The van der Waals surface area contributed by atoms with E-state index in [-0.39, 0.29) is 18.2 Å². The van der Waals surface area contributed by atoms with Gasteiger partial charge in [-0.25, -0.2) is 0 Å². The van der Waals surface area contributed by atoms with Gasteiger partial charge in [0.05, 0.1) is 6.67 Å². The zero-order chi connectivity index (χ0) is 23.2. The second kappa shape index (κ2) is 10.3. The molecule has 0 spiro atoms. The number of hydrogen-bond acceptors (Lipinski definition) is 4. The summed E-state index contributed by atoms with van der Waals surface area (Å²) in [5.41, 5.74) is 3.34. The highest BCUT2D eigenvalue weighted by molar-refractivity contribution is 6.32. The van der Waals surface area contributed by atoms with E-state index in [0.29, 0.717) is 43.7 Å². The number of carbonyl (C=O) groups is 2. The lowest BCUT2D eigenvalue weighted by Crippen LogP contribution is -2.17. The summed E-state index contributed by atoms with van der Waals surface area (Å²) < 4.78 is 0. The zero-order valence-corrected chi connectivity index (χ0v) is 19.0. The minimum Gasteiger partial charge on any atom is -0.367 e. The van der Waals surface area contributed by atoms with Gasteiger partial charge in [0.25, 0.3) is 0 Å². The average Bonchev–Trinajstić information content (AvgIpc) is 2.86. The van der Waals surface area contributed by atoms with Gasteiger partial charge in [-0.15, -0.1) is 0 Å². The first-order valence-electron chi connectivity index (χ1n) is 10.3. The molecule has 4 nitrogen and oxygen atoms in total. The fourth-order valence-corrected chi connectivity index (χ4v) is 3.79. The van der Waals surface area contributed by atoms with Gasteiger partial charge in [0, 0.05) is 43.7 Å². The first-order valence-corrected chi connectivity index (χ1v) is 11.0. The van der Waals surface area contributed by atoms with E-state index in [1.54, 1.807) is 60.7 Å². The summed E-state index contributed by atoms with van der Waals surface area (Å²) in [5, 5.41) is 7.40. The van der Waals surface area contributed by atoms with Gasteiger partial charge < -0.3 is 10.6 Å². The van der Waals surface area contributed by atoms with E-state index >= 15 is 0 Å². The molecular weight excluding hydrogens is 455 g/mol. The van der Waals surface area contributed by atoms with Crippen LogP contribution in [0.15, 0.2) is 97.1 Å². The lowest BCUT2D eigenvalue weighted by atomic mass is 10.0. The maximum absolute atomic E-state index is 13.0. The van der Waals surface area contributed by atoms with Gasteiger partial charge in [-0.1, -0.05) is 83.9 Å². The predicted molar refractivity (Wildman–Crippen MR) is 135 cm³/mol. The van der Waals surface area contributed by atoms with Gasteiger partial charge in [-0.2, -0.15) is 0 Å². The summed E-state index contributed by atoms with van der Waals surface area (Å²) in [6, 6.07) is 28.3. The Morgan fingerprint density at radius 3 is 1.36 bits per heavy atom. The molecule has 0 saturated heterocycles. The second-order valence-electron chi connectivity index (χ2n) is 7.30. The molecule has 4 aromatic carbocycles. The molecule has 164 valence electrons. The number of hydrogen-bond donors (Lipinski definition) is 2. The molecule has 0 aliphatic rings. The highest BCUT2D eigenvalue weighted by Gasteiger charge is 2.16. The smallest absolute Gasteiger partial charge is 0.195 e. The third kappa shape index (κ3) is 5.43. The van der Waals surface area contributed by atoms with Crippen molar-refractivity contribution in [1.29, 1.82) is 0 Å². The van der Waals surface area contributed by atoms with E-state index in [0.717, 1.165) is 0 Å². The van der Waals surface area contributed by atoms with Crippen LogP contribution < -0.4 is 10.6 Å². The SMILES string of the molecule is O=C(c1ccccc1)c1cc(Cl)ccc1NCNc1ccc(Cl)cc1C(=O)c1ccccc1. The van der Waals surface area contributed by atoms with Crippen LogP contribution in [0.3, 0.4) is 0 Å². The van der Waals surface area contributed by atoms with Crippen molar-refractivity contribution in [2.45, 2.75) is 0 Å². The van der Waals surface area contributed by atoms with Crippen LogP contribution in [0.25, 0.3) is 0 Å². The first kappa shape index (κ1) is 22.6. The maximum atomic E-state index is 13.0. The minimum absolute atomic E-state index is 0.132. The zero-order valence-electron chi connectivity index (χ0n) is 17.5. The lowest BCUT2D eigenvalue weighted by molar-refractivity contribution is 0.103. The quantitative estimate of drug-likeness (QED) is 0.214. The van der Waals surface area contributed by atoms with Crippen molar-refractivity contribution in [1.82, 2.24) is 0 Å². The molecular formula is C27H20Cl2N2O2. The molecule has 0 atom stereocenters. The Kier molecular flexibility index (Phi) is 7.08. The molecule has 4 aromatic rings. The number of halogens is 2. The van der Waals surface area contributed by atoms with Crippen molar-refractivity contribution in [3.63, 3.8) is 0 Å². The summed E-state index contributed by atoms with van der Waals surface area (Å²) in [6.07, 6.45) is 0. The minimum atomic E-state index is -0.132. The van der Waals surface area contributed by atoms with E-state index in [1.165, 1.54) is 0 Å². The Morgan fingerprint density at radius 1 is 0.576 bits per heavy atom. The number of carbonyl (C=O) groups excluding carboxylic acids is 2. The van der Waals surface area contributed by atoms with Crippen LogP contribution in [0, 0.1) is 0 Å². The second-order valence-corrected chi connectivity index (χ2v) is 8.17. The largest absolute Gasteiger partial charge is 0.367 e.